The van der Waals surface area contributed by atoms with Crippen LogP contribution in [0.15, 0.2) is 23.8 Å². The molecule has 3 fully saturated rings. The zero-order valence-electron chi connectivity index (χ0n) is 21.4. The molecule has 6 nitrogen and oxygen atoms in total. The van der Waals surface area contributed by atoms with Gasteiger partial charge in [0.1, 0.15) is 12.8 Å². The normalized spacial score (nSPS) is 44.8. The lowest BCUT2D eigenvalue weighted by atomic mass is 9.44. The second kappa shape index (κ2) is 8.82. The Kier molecular flexibility index (Phi) is 6.70. The van der Waals surface area contributed by atoms with Crippen molar-refractivity contribution in [2.24, 2.45) is 28.6 Å². The first-order valence-electron chi connectivity index (χ1n) is 12.8. The summed E-state index contributed by atoms with van der Waals surface area (Å²) in [6, 6.07) is 0. The number of hydroxylamine groups is 2. The van der Waals surface area contributed by atoms with Crippen molar-refractivity contribution in [3.63, 3.8) is 0 Å². The zero-order valence-corrected chi connectivity index (χ0v) is 21.4. The molecule has 0 spiro atoms. The molecule has 0 amide bonds. The highest BCUT2D eigenvalue weighted by atomic mass is 19.1. The number of hydrogen-bond donors (Lipinski definition) is 2. The van der Waals surface area contributed by atoms with Crippen LogP contribution in [0.5, 0.6) is 0 Å². The lowest BCUT2D eigenvalue weighted by molar-refractivity contribution is -0.285. The van der Waals surface area contributed by atoms with E-state index in [2.05, 4.69) is 13.8 Å². The number of alkyl halides is 2. The second-order valence-corrected chi connectivity index (χ2v) is 11.9. The monoisotopic (exact) mass is 495 g/mol. The molecule has 2 N–H and O–H groups in total. The Morgan fingerprint density at radius 2 is 2.00 bits per heavy atom. The summed E-state index contributed by atoms with van der Waals surface area (Å²) in [5.74, 6) is -1.80. The first-order valence-corrected chi connectivity index (χ1v) is 12.8. The van der Waals surface area contributed by atoms with Crippen LogP contribution in [0, 0.1) is 28.6 Å². The number of allylic oxidation sites excluding steroid dienone is 4. The van der Waals surface area contributed by atoms with Crippen LogP contribution in [-0.4, -0.2) is 70.6 Å². The number of carbonyl (C=O) groups is 2. The molecule has 0 aromatic carbocycles. The van der Waals surface area contributed by atoms with Gasteiger partial charge in [-0.2, -0.15) is 5.06 Å². The minimum absolute atomic E-state index is 0.0734. The van der Waals surface area contributed by atoms with E-state index in [1.165, 1.54) is 18.2 Å². The first-order chi connectivity index (χ1) is 16.3. The van der Waals surface area contributed by atoms with Crippen molar-refractivity contribution in [2.45, 2.75) is 83.3 Å². The van der Waals surface area contributed by atoms with Crippen LogP contribution in [-0.2, 0) is 14.4 Å². The molecule has 8 heteroatoms. The van der Waals surface area contributed by atoms with Crippen molar-refractivity contribution in [1.29, 1.82) is 0 Å². The van der Waals surface area contributed by atoms with E-state index in [0.29, 0.717) is 18.9 Å². The number of carbonyl (C=O) groups excluding carboxylic acids is 2. The van der Waals surface area contributed by atoms with E-state index >= 15 is 8.78 Å². The molecule has 0 heterocycles. The predicted molar refractivity (Wildman–Crippen MR) is 127 cm³/mol. The van der Waals surface area contributed by atoms with Gasteiger partial charge in [-0.1, -0.05) is 26.8 Å². The fourth-order valence-electron chi connectivity index (χ4n) is 7.73. The Morgan fingerprint density at radius 1 is 1.31 bits per heavy atom. The van der Waals surface area contributed by atoms with Gasteiger partial charge in [0.2, 0.25) is 0 Å². The molecule has 4 aliphatic rings. The van der Waals surface area contributed by atoms with Gasteiger partial charge in [0.05, 0.1) is 6.10 Å². The molecule has 35 heavy (non-hydrogen) atoms. The highest BCUT2D eigenvalue weighted by molar-refractivity contribution is 6.01. The van der Waals surface area contributed by atoms with Gasteiger partial charge in [-0.15, -0.1) is 0 Å². The van der Waals surface area contributed by atoms with Gasteiger partial charge < -0.3 is 10.2 Å². The van der Waals surface area contributed by atoms with Gasteiger partial charge in [0.25, 0.3) is 0 Å². The van der Waals surface area contributed by atoms with Gasteiger partial charge in [-0.25, -0.2) is 8.78 Å². The van der Waals surface area contributed by atoms with Gasteiger partial charge in [0.15, 0.2) is 22.8 Å². The van der Waals surface area contributed by atoms with Crippen molar-refractivity contribution >= 4 is 11.6 Å². The van der Waals surface area contributed by atoms with Crippen LogP contribution in [0.1, 0.15) is 59.8 Å². The predicted octanol–water partition coefficient (Wildman–Crippen LogP) is 3.51. The topological polar surface area (TPSA) is 87.1 Å². The fourth-order valence-corrected chi connectivity index (χ4v) is 7.73. The lowest BCUT2D eigenvalue weighted by Crippen LogP contribution is -2.71. The molecule has 196 valence electrons. The molecule has 1 unspecified atom stereocenters. The molecule has 3 saturated carbocycles. The fraction of sp³-hybridized carbons (Fsp3) is 0.778. The van der Waals surface area contributed by atoms with E-state index in [0.717, 1.165) is 6.42 Å². The van der Waals surface area contributed by atoms with Crippen molar-refractivity contribution < 1.29 is 33.4 Å². The smallest absolute Gasteiger partial charge is 0.192 e. The average molecular weight is 496 g/mol. The first kappa shape index (κ1) is 26.6. The molecule has 4 aliphatic carbocycles. The number of nitrogens with zero attached hydrogens (tertiary/aromatic N) is 1. The van der Waals surface area contributed by atoms with Crippen molar-refractivity contribution in [1.82, 2.24) is 5.06 Å². The summed E-state index contributed by atoms with van der Waals surface area (Å²) in [5, 5.41) is 23.0. The van der Waals surface area contributed by atoms with E-state index in [-0.39, 0.29) is 30.6 Å². The summed E-state index contributed by atoms with van der Waals surface area (Å²) >= 11 is 0. The van der Waals surface area contributed by atoms with Gasteiger partial charge in [0, 0.05) is 30.3 Å². The molecular weight excluding hydrogens is 456 g/mol. The number of ketones is 2. The average Bonchev–Trinajstić information content (AvgIpc) is 3.07. The van der Waals surface area contributed by atoms with Crippen molar-refractivity contribution in [2.75, 3.05) is 20.2 Å². The molecule has 0 aromatic rings. The molecule has 0 saturated heterocycles. The summed E-state index contributed by atoms with van der Waals surface area (Å²) in [6.45, 7) is 7.38. The third kappa shape index (κ3) is 3.62. The van der Waals surface area contributed by atoms with Crippen LogP contribution in [0.25, 0.3) is 0 Å². The Balaban J connectivity index is 1.76. The number of Topliss-reactive ketones (excluding diaryl/α,β-unsaturated/α-hetero) is 1. The Morgan fingerprint density at radius 3 is 2.63 bits per heavy atom. The number of aliphatic hydroxyl groups excluding tert-OH is 2. The Hall–Kier alpha value is -1.48. The van der Waals surface area contributed by atoms with Crippen LogP contribution in [0.4, 0.5) is 8.78 Å². The van der Waals surface area contributed by atoms with Crippen LogP contribution < -0.4 is 0 Å². The van der Waals surface area contributed by atoms with Crippen LogP contribution in [0.2, 0.25) is 0 Å². The van der Waals surface area contributed by atoms with Crippen molar-refractivity contribution in [3.8, 4) is 0 Å². The molecular formula is C27H39F2NO5. The standard InChI is InChI=1S/C27H39F2NO5/c1-16(2)8-11-30(5)35-26(23(34)15-31)10-7-18-19-13-21(28)20-12-17(32)6-9-24(20,3)27(19,29)22(33)14-25(18,26)4/h6,9,12,16,18-19,21-22,31,33H,7-8,10-11,13-15H2,1-5H3/t18?,19-,21-,22-,24-,25-,26-,27-/m0/s1. The minimum Gasteiger partial charge on any atom is -0.390 e. The lowest BCUT2D eigenvalue weighted by Gasteiger charge is -2.63. The minimum atomic E-state index is -2.20. The number of fused-ring (bicyclic) bond motifs is 5. The third-order valence-corrected chi connectivity index (χ3v) is 9.68. The molecule has 8 atom stereocenters. The number of rotatable bonds is 7. The summed E-state index contributed by atoms with van der Waals surface area (Å²) in [5.41, 5.74) is -6.05. The summed E-state index contributed by atoms with van der Waals surface area (Å²) < 4.78 is 32.8. The van der Waals surface area contributed by atoms with Gasteiger partial charge in [-0.3, -0.25) is 14.4 Å². The summed E-state index contributed by atoms with van der Waals surface area (Å²) in [4.78, 5) is 31.6. The van der Waals surface area contributed by atoms with E-state index in [4.69, 9.17) is 4.84 Å². The number of aliphatic hydroxyl groups is 2. The summed E-state index contributed by atoms with van der Waals surface area (Å²) in [6.07, 6.45) is 2.03. The quantitative estimate of drug-likeness (QED) is 0.526. The van der Waals surface area contributed by atoms with Crippen molar-refractivity contribution in [3.05, 3.63) is 23.8 Å². The molecule has 0 aliphatic heterocycles. The Labute approximate surface area is 206 Å². The third-order valence-electron chi connectivity index (χ3n) is 9.68. The molecule has 0 bridgehead atoms. The van der Waals surface area contributed by atoms with Crippen LogP contribution in [0.3, 0.4) is 0 Å². The number of hydrogen-bond acceptors (Lipinski definition) is 6. The second-order valence-electron chi connectivity index (χ2n) is 11.9. The van der Waals surface area contributed by atoms with Crippen LogP contribution >= 0.6 is 0 Å². The maximum Gasteiger partial charge on any atom is 0.192 e. The van der Waals surface area contributed by atoms with E-state index < -0.39 is 58.6 Å². The van der Waals surface area contributed by atoms with Gasteiger partial charge >= 0.3 is 0 Å². The largest absolute Gasteiger partial charge is 0.390 e. The zero-order chi connectivity index (χ0) is 26.0. The van der Waals surface area contributed by atoms with E-state index in [1.807, 2.05) is 6.92 Å². The SMILES string of the molecule is CC(C)CCN(C)O[C@]1(C(=O)CO)CCC2[C@@H]3C[C@H](F)C4=CC(=O)C=C[C@]4(C)[C@@]3(F)[C@@H](O)C[C@@]21C. The molecule has 0 radical (unpaired) electrons. The van der Waals surface area contributed by atoms with E-state index in [1.54, 1.807) is 19.0 Å². The number of halogens is 2. The maximum atomic E-state index is 17.2. The Bertz CT molecular complexity index is 952. The highest BCUT2D eigenvalue weighted by Gasteiger charge is 2.76. The molecule has 0 aromatic heterocycles. The van der Waals surface area contributed by atoms with E-state index in [9.17, 15) is 19.8 Å². The maximum absolute atomic E-state index is 17.2. The highest BCUT2D eigenvalue weighted by Crippen LogP contribution is 2.70. The molecule has 4 rings (SSSR count). The summed E-state index contributed by atoms with van der Waals surface area (Å²) in [7, 11) is 1.74. The van der Waals surface area contributed by atoms with Gasteiger partial charge in [-0.05, 0) is 68.6 Å².